The number of fused-ring (bicyclic) bond motifs is 1. The minimum absolute atomic E-state index is 0.00609. The number of amides is 1. The number of nitrogens with one attached hydrogen (secondary N) is 2. The van der Waals surface area contributed by atoms with Crippen molar-refractivity contribution in [2.45, 2.75) is 59.1 Å². The highest BCUT2D eigenvalue weighted by atomic mass is 16.6. The Morgan fingerprint density at radius 2 is 1.95 bits per heavy atom. The van der Waals surface area contributed by atoms with Crippen LogP contribution in [0.1, 0.15) is 46.1 Å². The molecule has 4 aromatic rings. The largest absolute Gasteiger partial charge is 0.444 e. The standard InChI is InChI=1S/C34H39N7O3/c1-22(19-35)20-38-28-12-6-10-26-25(28)14-13-23(2)30(26)43-31-27(11-7-16-36-31)29-15-17-37-32(40-29)39-24-9-8-18-41(21-24)33(42)44-34(3,4)5/h6-7,10-17,22,24,38H,8-9,18,20-21H2,1-5H3,(H,37,39,40)/t22?,24-/m0/s1. The molecule has 228 valence electrons. The maximum Gasteiger partial charge on any atom is 0.410 e. The molecule has 5 rings (SSSR count). The van der Waals surface area contributed by atoms with Crippen molar-refractivity contribution in [1.82, 2.24) is 19.9 Å². The number of likely N-dealkylation sites (tertiary alicyclic amines) is 1. The number of piperidine rings is 1. The molecule has 2 aromatic heterocycles. The lowest BCUT2D eigenvalue weighted by molar-refractivity contribution is 0.0206. The zero-order valence-corrected chi connectivity index (χ0v) is 25.9. The number of anilines is 2. The lowest BCUT2D eigenvalue weighted by Crippen LogP contribution is -2.47. The predicted molar refractivity (Wildman–Crippen MR) is 172 cm³/mol. The van der Waals surface area contributed by atoms with Crippen molar-refractivity contribution >= 4 is 28.5 Å². The van der Waals surface area contributed by atoms with E-state index in [-0.39, 0.29) is 18.1 Å². The second-order valence-corrected chi connectivity index (χ2v) is 12.2. The number of aromatic nitrogens is 3. The Morgan fingerprint density at radius 1 is 1.11 bits per heavy atom. The van der Waals surface area contributed by atoms with Crippen molar-refractivity contribution < 1.29 is 14.3 Å². The second-order valence-electron chi connectivity index (χ2n) is 12.2. The summed E-state index contributed by atoms with van der Waals surface area (Å²) in [6.45, 7) is 11.2. The fraction of sp³-hybridized carbons (Fsp3) is 0.382. The first kappa shape index (κ1) is 30.5. The van der Waals surface area contributed by atoms with Crippen LogP contribution in [0.4, 0.5) is 16.4 Å². The number of pyridine rings is 1. The highest BCUT2D eigenvalue weighted by Crippen LogP contribution is 2.38. The Hall–Kier alpha value is -4.91. The molecular weight excluding hydrogens is 554 g/mol. The number of ether oxygens (including phenoxy) is 2. The Bertz CT molecular complexity index is 1680. The summed E-state index contributed by atoms with van der Waals surface area (Å²) in [6.07, 6.45) is 4.85. The maximum atomic E-state index is 12.6. The zero-order chi connectivity index (χ0) is 31.3. The van der Waals surface area contributed by atoms with Crippen LogP contribution in [0.15, 0.2) is 60.9 Å². The molecule has 0 aliphatic carbocycles. The quantitative estimate of drug-likeness (QED) is 0.219. The fourth-order valence-electron chi connectivity index (χ4n) is 5.15. The summed E-state index contributed by atoms with van der Waals surface area (Å²) in [5.74, 6) is 1.49. The molecule has 44 heavy (non-hydrogen) atoms. The number of hydrogen-bond donors (Lipinski definition) is 2. The van der Waals surface area contributed by atoms with Crippen molar-refractivity contribution in [3.8, 4) is 29.0 Å². The van der Waals surface area contributed by atoms with Crippen LogP contribution in [0.25, 0.3) is 22.0 Å². The number of benzene rings is 2. The number of nitriles is 1. The zero-order valence-electron chi connectivity index (χ0n) is 25.9. The van der Waals surface area contributed by atoms with E-state index in [0.29, 0.717) is 42.9 Å². The van der Waals surface area contributed by atoms with E-state index in [1.54, 1.807) is 17.3 Å². The summed E-state index contributed by atoms with van der Waals surface area (Å²) in [5, 5.41) is 18.0. The van der Waals surface area contributed by atoms with Crippen molar-refractivity contribution in [1.29, 1.82) is 5.26 Å². The number of hydrogen-bond acceptors (Lipinski definition) is 9. The van der Waals surface area contributed by atoms with Crippen LogP contribution in [0.3, 0.4) is 0 Å². The summed E-state index contributed by atoms with van der Waals surface area (Å²) in [6, 6.07) is 18.0. The predicted octanol–water partition coefficient (Wildman–Crippen LogP) is 7.18. The molecule has 10 heteroatoms. The Morgan fingerprint density at radius 3 is 2.75 bits per heavy atom. The van der Waals surface area contributed by atoms with Crippen LogP contribution in [-0.4, -0.2) is 57.2 Å². The summed E-state index contributed by atoms with van der Waals surface area (Å²) in [5.41, 5.74) is 2.75. The van der Waals surface area contributed by atoms with Crippen LogP contribution in [-0.2, 0) is 4.74 Å². The number of nitrogens with zero attached hydrogens (tertiary/aromatic N) is 5. The van der Waals surface area contributed by atoms with Gasteiger partial charge in [-0.2, -0.15) is 5.26 Å². The van der Waals surface area contributed by atoms with Gasteiger partial charge in [0.15, 0.2) is 0 Å². The molecule has 0 saturated carbocycles. The monoisotopic (exact) mass is 593 g/mol. The van der Waals surface area contributed by atoms with Crippen molar-refractivity contribution in [3.63, 3.8) is 0 Å². The van der Waals surface area contributed by atoms with Gasteiger partial charge in [0.05, 0.1) is 23.2 Å². The average molecular weight is 594 g/mol. The van der Waals surface area contributed by atoms with E-state index in [2.05, 4.69) is 32.7 Å². The normalized spacial score (nSPS) is 15.7. The first-order chi connectivity index (χ1) is 21.1. The molecule has 2 N–H and O–H groups in total. The average Bonchev–Trinajstić information content (AvgIpc) is 3.01. The molecular formula is C34H39N7O3. The minimum atomic E-state index is -0.543. The number of aryl methyl sites for hydroxylation is 1. The highest BCUT2D eigenvalue weighted by molar-refractivity contribution is 5.98. The molecule has 3 heterocycles. The smallest absolute Gasteiger partial charge is 0.410 e. The van der Waals surface area contributed by atoms with Gasteiger partial charge in [0, 0.05) is 54.5 Å². The maximum absolute atomic E-state index is 12.6. The van der Waals surface area contributed by atoms with Gasteiger partial charge in [-0.3, -0.25) is 0 Å². The van der Waals surface area contributed by atoms with Crippen LogP contribution in [0.2, 0.25) is 0 Å². The van der Waals surface area contributed by atoms with Crippen molar-refractivity contribution in [2.75, 3.05) is 30.3 Å². The first-order valence-electron chi connectivity index (χ1n) is 15.0. The third-order valence-corrected chi connectivity index (χ3v) is 7.34. The van der Waals surface area contributed by atoms with E-state index in [4.69, 9.17) is 14.5 Å². The topological polar surface area (TPSA) is 125 Å². The molecule has 2 atom stereocenters. The molecule has 1 aliphatic rings. The van der Waals surface area contributed by atoms with Crippen LogP contribution in [0.5, 0.6) is 11.6 Å². The molecule has 1 amide bonds. The Kier molecular flexibility index (Phi) is 9.14. The van der Waals surface area contributed by atoms with Crippen LogP contribution >= 0.6 is 0 Å². The molecule has 10 nitrogen and oxygen atoms in total. The summed E-state index contributed by atoms with van der Waals surface area (Å²) in [4.78, 5) is 28.2. The van der Waals surface area contributed by atoms with Crippen molar-refractivity contribution in [2.24, 2.45) is 5.92 Å². The lowest BCUT2D eigenvalue weighted by Gasteiger charge is -2.34. The minimum Gasteiger partial charge on any atom is -0.444 e. The van der Waals surface area contributed by atoms with Gasteiger partial charge in [-0.25, -0.2) is 19.7 Å². The number of rotatable bonds is 8. The Labute approximate surface area is 258 Å². The van der Waals surface area contributed by atoms with E-state index < -0.39 is 5.60 Å². The summed E-state index contributed by atoms with van der Waals surface area (Å²) < 4.78 is 12.1. The SMILES string of the molecule is Cc1ccc2c(NCC(C)C#N)cccc2c1Oc1ncccc1-c1ccnc(N[C@H]2CCCN(C(=O)OC(C)(C)C)C2)n1. The van der Waals surface area contributed by atoms with E-state index >= 15 is 0 Å². The molecule has 2 aromatic carbocycles. The first-order valence-corrected chi connectivity index (χ1v) is 15.0. The number of carbonyl (C=O) groups is 1. The van der Waals surface area contributed by atoms with Gasteiger partial charge in [-0.1, -0.05) is 24.3 Å². The molecule has 1 saturated heterocycles. The van der Waals surface area contributed by atoms with E-state index in [1.165, 1.54) is 0 Å². The van der Waals surface area contributed by atoms with Crippen molar-refractivity contribution in [3.05, 3.63) is 66.5 Å². The summed E-state index contributed by atoms with van der Waals surface area (Å²) >= 11 is 0. The third-order valence-electron chi connectivity index (χ3n) is 7.34. The van der Waals surface area contributed by atoms with E-state index in [9.17, 15) is 10.1 Å². The molecule has 1 unspecified atom stereocenters. The van der Waals surface area contributed by atoms with Gasteiger partial charge in [-0.05, 0) is 77.3 Å². The van der Waals surface area contributed by atoms with Gasteiger partial charge < -0.3 is 25.0 Å². The fourth-order valence-corrected chi connectivity index (χ4v) is 5.15. The second kappa shape index (κ2) is 13.2. The number of carbonyl (C=O) groups excluding carboxylic acids is 1. The van der Waals surface area contributed by atoms with Gasteiger partial charge in [0.25, 0.3) is 0 Å². The third kappa shape index (κ3) is 7.35. The van der Waals surface area contributed by atoms with Crippen LogP contribution < -0.4 is 15.4 Å². The van der Waals surface area contributed by atoms with Gasteiger partial charge in [0.2, 0.25) is 11.8 Å². The molecule has 0 bridgehead atoms. The van der Waals surface area contributed by atoms with Gasteiger partial charge in [-0.15, -0.1) is 0 Å². The molecule has 1 aliphatic heterocycles. The van der Waals surface area contributed by atoms with Gasteiger partial charge in [0.1, 0.15) is 11.4 Å². The summed E-state index contributed by atoms with van der Waals surface area (Å²) in [7, 11) is 0. The van der Waals surface area contributed by atoms with Gasteiger partial charge >= 0.3 is 6.09 Å². The Balaban J connectivity index is 1.38. The van der Waals surface area contributed by atoms with E-state index in [0.717, 1.165) is 40.4 Å². The highest BCUT2D eigenvalue weighted by Gasteiger charge is 2.28. The lowest BCUT2D eigenvalue weighted by atomic mass is 10.0. The molecule has 0 spiro atoms. The van der Waals surface area contributed by atoms with E-state index in [1.807, 2.05) is 77.1 Å². The molecule has 1 fully saturated rings. The van der Waals surface area contributed by atoms with Crippen LogP contribution in [0, 0.1) is 24.2 Å². The molecule has 0 radical (unpaired) electrons.